The molecule has 0 aromatic heterocycles. The van der Waals surface area contributed by atoms with Gasteiger partial charge in [-0.3, -0.25) is 0 Å². The van der Waals surface area contributed by atoms with Gasteiger partial charge < -0.3 is 4.74 Å². The van der Waals surface area contributed by atoms with E-state index in [0.29, 0.717) is 5.56 Å². The highest BCUT2D eigenvalue weighted by molar-refractivity contribution is 6.13. The summed E-state index contributed by atoms with van der Waals surface area (Å²) in [6, 6.07) is 21.0. The van der Waals surface area contributed by atoms with Crippen LogP contribution in [0, 0.1) is 0 Å². The highest BCUT2D eigenvalue weighted by Crippen LogP contribution is 2.33. The molecule has 3 aromatic rings. The van der Waals surface area contributed by atoms with Crippen LogP contribution in [0.5, 0.6) is 0 Å². The Morgan fingerprint density at radius 2 is 1.38 bits per heavy atom. The second-order valence-corrected chi connectivity index (χ2v) is 9.21. The largest absolute Gasteiger partial charge is 0.416 e. The van der Waals surface area contributed by atoms with Gasteiger partial charge in [-0.1, -0.05) is 93.6 Å². The highest BCUT2D eigenvalue weighted by Gasteiger charge is 2.33. The molecule has 0 fully saturated rings. The Bertz CT molecular complexity index is 1270. The van der Waals surface area contributed by atoms with Gasteiger partial charge in [0.15, 0.2) is 5.70 Å². The molecule has 1 aliphatic rings. The number of esters is 1. The normalized spacial score (nSPS) is 14.6. The summed E-state index contributed by atoms with van der Waals surface area (Å²) in [6.07, 6.45) is 5.33. The van der Waals surface area contributed by atoms with E-state index in [9.17, 15) is 18.0 Å². The number of unbranched alkanes of at least 4 members (excludes halogenated alkanes) is 5. The summed E-state index contributed by atoms with van der Waals surface area (Å²) in [5.74, 6) is -0.710. The lowest BCUT2D eigenvalue weighted by atomic mass is 10.00. The van der Waals surface area contributed by atoms with Crippen molar-refractivity contribution in [3.05, 3.63) is 101 Å². The molecule has 3 nitrogen and oxygen atoms in total. The molecule has 1 heterocycles. The SMILES string of the molecule is CCCCCCCCc1ccc(-c2ccc(C3=NC(=Cc4ccccc4C(F)(F)F)C(=O)O3)cc2)cc1. The van der Waals surface area contributed by atoms with Crippen LogP contribution in [0.4, 0.5) is 13.2 Å². The maximum atomic E-state index is 13.3. The van der Waals surface area contributed by atoms with Crippen LogP contribution in [0.25, 0.3) is 17.2 Å². The van der Waals surface area contributed by atoms with Crippen LogP contribution in [-0.4, -0.2) is 11.9 Å². The molecule has 1 aliphatic heterocycles. The number of aryl methyl sites for hydroxylation is 1. The molecule has 0 saturated heterocycles. The van der Waals surface area contributed by atoms with Crippen molar-refractivity contribution in [1.29, 1.82) is 0 Å². The Labute approximate surface area is 215 Å². The van der Waals surface area contributed by atoms with Gasteiger partial charge in [-0.25, -0.2) is 9.79 Å². The van der Waals surface area contributed by atoms with Gasteiger partial charge >= 0.3 is 12.1 Å². The monoisotopic (exact) mass is 505 g/mol. The average Bonchev–Trinajstić information content (AvgIpc) is 3.26. The lowest BCUT2D eigenvalue weighted by Crippen LogP contribution is -2.08. The van der Waals surface area contributed by atoms with Crippen molar-refractivity contribution in [2.24, 2.45) is 4.99 Å². The molecule has 0 N–H and O–H groups in total. The summed E-state index contributed by atoms with van der Waals surface area (Å²) in [4.78, 5) is 16.5. The van der Waals surface area contributed by atoms with Crippen LogP contribution in [0.15, 0.2) is 83.5 Å². The van der Waals surface area contributed by atoms with Gasteiger partial charge in [-0.15, -0.1) is 0 Å². The smallest absolute Gasteiger partial charge is 0.402 e. The third-order valence-electron chi connectivity index (χ3n) is 6.42. The number of ether oxygens (including phenoxy) is 1. The first-order chi connectivity index (χ1) is 17.8. The summed E-state index contributed by atoms with van der Waals surface area (Å²) in [5.41, 5.74) is 2.85. The molecule has 4 rings (SSSR count). The van der Waals surface area contributed by atoms with Crippen molar-refractivity contribution in [1.82, 2.24) is 0 Å². The van der Waals surface area contributed by atoms with Gasteiger partial charge in [0, 0.05) is 5.56 Å². The summed E-state index contributed by atoms with van der Waals surface area (Å²) in [7, 11) is 0. The number of halogens is 3. The number of carbonyl (C=O) groups is 1. The first-order valence-electron chi connectivity index (χ1n) is 12.7. The van der Waals surface area contributed by atoms with Crippen molar-refractivity contribution >= 4 is 17.9 Å². The second kappa shape index (κ2) is 12.0. The average molecular weight is 506 g/mol. The predicted molar refractivity (Wildman–Crippen MR) is 141 cm³/mol. The van der Waals surface area contributed by atoms with E-state index in [1.807, 2.05) is 12.1 Å². The van der Waals surface area contributed by atoms with Crippen LogP contribution in [0.1, 0.15) is 67.7 Å². The van der Waals surface area contributed by atoms with E-state index >= 15 is 0 Å². The van der Waals surface area contributed by atoms with E-state index in [-0.39, 0.29) is 17.2 Å². The molecule has 192 valence electrons. The first kappa shape index (κ1) is 26.4. The van der Waals surface area contributed by atoms with E-state index < -0.39 is 17.7 Å². The Morgan fingerprint density at radius 1 is 0.784 bits per heavy atom. The molecule has 0 atom stereocenters. The number of hydrogen-bond acceptors (Lipinski definition) is 3. The molecular weight excluding hydrogens is 475 g/mol. The topological polar surface area (TPSA) is 38.7 Å². The molecule has 0 amide bonds. The molecule has 3 aromatic carbocycles. The quantitative estimate of drug-likeness (QED) is 0.157. The number of benzene rings is 3. The number of aliphatic imine (C=N–C) groups is 1. The van der Waals surface area contributed by atoms with Crippen molar-refractivity contribution in [3.8, 4) is 11.1 Å². The van der Waals surface area contributed by atoms with Crippen molar-refractivity contribution in [3.63, 3.8) is 0 Å². The fourth-order valence-corrected chi connectivity index (χ4v) is 4.34. The van der Waals surface area contributed by atoms with Crippen LogP contribution in [0.2, 0.25) is 0 Å². The molecule has 0 unspecified atom stereocenters. The number of hydrogen-bond donors (Lipinski definition) is 0. The molecule has 0 bridgehead atoms. The summed E-state index contributed by atoms with van der Waals surface area (Å²) >= 11 is 0. The minimum Gasteiger partial charge on any atom is -0.402 e. The number of carbonyl (C=O) groups excluding carboxylic acids is 1. The van der Waals surface area contributed by atoms with Crippen LogP contribution < -0.4 is 0 Å². The standard InChI is InChI=1S/C31H30F3NO2/c1-2-3-4-5-6-7-10-22-13-15-23(16-14-22)24-17-19-25(20-18-24)29-35-28(30(36)37-29)21-26-11-8-9-12-27(26)31(32,33)34/h8-9,11-21H,2-7,10H2,1H3. The Kier molecular flexibility index (Phi) is 8.59. The zero-order chi connectivity index (χ0) is 26.3. The molecule has 6 heteroatoms. The van der Waals surface area contributed by atoms with Crippen LogP contribution in [-0.2, 0) is 22.1 Å². The van der Waals surface area contributed by atoms with Gasteiger partial charge in [0.25, 0.3) is 0 Å². The lowest BCUT2D eigenvalue weighted by molar-refractivity contribution is -0.137. The van der Waals surface area contributed by atoms with Gasteiger partial charge in [0.2, 0.25) is 5.90 Å². The predicted octanol–water partition coefficient (Wildman–Crippen LogP) is 8.62. The van der Waals surface area contributed by atoms with Gasteiger partial charge in [0.1, 0.15) is 0 Å². The summed E-state index contributed by atoms with van der Waals surface area (Å²) in [6.45, 7) is 2.23. The fourth-order valence-electron chi connectivity index (χ4n) is 4.34. The molecule has 0 aliphatic carbocycles. The first-order valence-corrected chi connectivity index (χ1v) is 12.7. The Hall–Kier alpha value is -3.67. The van der Waals surface area contributed by atoms with Crippen LogP contribution in [0.3, 0.4) is 0 Å². The fraction of sp³-hybridized carbons (Fsp3) is 0.290. The lowest BCUT2D eigenvalue weighted by Gasteiger charge is -2.09. The number of alkyl halides is 3. The van der Waals surface area contributed by atoms with Crippen molar-refractivity contribution < 1.29 is 22.7 Å². The third kappa shape index (κ3) is 6.97. The minimum absolute atomic E-state index is 0.0709. The second-order valence-electron chi connectivity index (χ2n) is 9.21. The molecule has 0 saturated carbocycles. The number of cyclic esters (lactones) is 1. The maximum absolute atomic E-state index is 13.3. The Balaban J connectivity index is 1.42. The molecular formula is C31H30F3NO2. The number of nitrogens with zero attached hydrogens (tertiary/aromatic N) is 1. The van der Waals surface area contributed by atoms with Crippen molar-refractivity contribution in [2.75, 3.05) is 0 Å². The van der Waals surface area contributed by atoms with Crippen molar-refractivity contribution in [2.45, 2.75) is 58.0 Å². The van der Waals surface area contributed by atoms with E-state index in [2.05, 4.69) is 36.2 Å². The van der Waals surface area contributed by atoms with E-state index in [1.54, 1.807) is 12.1 Å². The minimum atomic E-state index is -4.54. The zero-order valence-electron chi connectivity index (χ0n) is 20.9. The molecule has 0 spiro atoms. The molecule has 0 radical (unpaired) electrons. The Morgan fingerprint density at radius 3 is 2.05 bits per heavy atom. The zero-order valence-corrected chi connectivity index (χ0v) is 20.9. The number of rotatable bonds is 10. The van der Waals surface area contributed by atoms with Crippen LogP contribution >= 0.6 is 0 Å². The molecule has 37 heavy (non-hydrogen) atoms. The highest BCUT2D eigenvalue weighted by atomic mass is 19.4. The van der Waals surface area contributed by atoms with E-state index in [4.69, 9.17) is 4.74 Å². The summed E-state index contributed by atoms with van der Waals surface area (Å²) < 4.78 is 45.1. The van der Waals surface area contributed by atoms with Gasteiger partial charge in [0.05, 0.1) is 5.56 Å². The van der Waals surface area contributed by atoms with Gasteiger partial charge in [-0.05, 0) is 59.4 Å². The third-order valence-corrected chi connectivity index (χ3v) is 6.42. The van der Waals surface area contributed by atoms with E-state index in [0.717, 1.165) is 29.7 Å². The summed E-state index contributed by atoms with van der Waals surface area (Å²) in [5, 5.41) is 0. The van der Waals surface area contributed by atoms with E-state index in [1.165, 1.54) is 62.3 Å². The maximum Gasteiger partial charge on any atom is 0.416 e. The van der Waals surface area contributed by atoms with Gasteiger partial charge in [-0.2, -0.15) is 13.2 Å².